The Morgan fingerprint density at radius 1 is 0.523 bits per heavy atom. The lowest BCUT2D eigenvalue weighted by Gasteiger charge is -2.13. The zero-order chi connectivity index (χ0) is 32.8. The molecule has 0 heterocycles. The molecule has 0 fully saturated rings. The van der Waals surface area contributed by atoms with Crippen molar-refractivity contribution in [1.82, 2.24) is 0 Å². The summed E-state index contributed by atoms with van der Waals surface area (Å²) >= 11 is 11.9. The molecule has 0 saturated heterocycles. The standard InChI is InChI=1S/C26H26I6N2O10/c27-13-11-15(29)23(21(31)19(13)25(37)38)33-17(35)1-3-41-5-7-43-9-10-44-8-6-42-4-2-18(36)34-24-16(30)12-14(28)20(22(24)32)26(39)40/h11-12H,1-10H2,(H,33,35)(H,34,36)(H,37,38)(H,39,40). The Bertz CT molecular complexity index is 1260. The van der Waals surface area contributed by atoms with Gasteiger partial charge in [-0.3, -0.25) is 9.59 Å². The second kappa shape index (κ2) is 21.5. The fraction of sp³-hybridized carbons (Fsp3) is 0.385. The number of carbonyl (C=O) groups is 4. The normalized spacial score (nSPS) is 11.0. The van der Waals surface area contributed by atoms with E-state index in [1.54, 1.807) is 12.1 Å². The number of carboxylic acids is 2. The molecule has 44 heavy (non-hydrogen) atoms. The van der Waals surface area contributed by atoms with E-state index in [2.05, 4.69) is 55.8 Å². The number of ether oxygens (including phenoxy) is 4. The van der Waals surface area contributed by atoms with Crippen LogP contribution in [0.1, 0.15) is 33.6 Å². The third kappa shape index (κ3) is 13.6. The average molecular weight is 1290 g/mol. The van der Waals surface area contributed by atoms with Crippen LogP contribution in [0.4, 0.5) is 11.4 Å². The Kier molecular flexibility index (Phi) is 19.9. The summed E-state index contributed by atoms with van der Waals surface area (Å²) in [6.45, 7) is 2.36. The number of hydrogen-bond donors (Lipinski definition) is 4. The SMILES string of the molecule is O=C(CCOCCOCCOCCOCCC(=O)Nc1c(I)cc(I)c(C(=O)O)c1I)Nc1c(I)cc(I)c(C(=O)O)c1I. The molecule has 2 amide bonds. The van der Waals surface area contributed by atoms with Crippen LogP contribution >= 0.6 is 136 Å². The summed E-state index contributed by atoms with van der Waals surface area (Å²) in [4.78, 5) is 47.7. The fourth-order valence-corrected chi connectivity index (χ4v) is 11.5. The lowest BCUT2D eigenvalue weighted by Crippen LogP contribution is -2.19. The molecule has 4 N–H and O–H groups in total. The molecule has 2 aromatic carbocycles. The van der Waals surface area contributed by atoms with Gasteiger partial charge in [-0.05, 0) is 148 Å². The van der Waals surface area contributed by atoms with E-state index in [1.165, 1.54) is 0 Å². The third-order valence-corrected chi connectivity index (χ3v) is 10.9. The van der Waals surface area contributed by atoms with Crippen molar-refractivity contribution in [2.45, 2.75) is 12.8 Å². The number of halogens is 6. The van der Waals surface area contributed by atoms with Crippen molar-refractivity contribution in [2.75, 3.05) is 63.5 Å². The second-order valence-corrected chi connectivity index (χ2v) is 15.3. The molecule has 0 spiro atoms. The number of benzene rings is 2. The highest BCUT2D eigenvalue weighted by atomic mass is 127. The Balaban J connectivity index is 1.50. The number of nitrogens with one attached hydrogen (secondary N) is 2. The Labute approximate surface area is 335 Å². The van der Waals surface area contributed by atoms with Crippen molar-refractivity contribution in [3.63, 3.8) is 0 Å². The lowest BCUT2D eigenvalue weighted by molar-refractivity contribution is -0.118. The first-order valence-electron chi connectivity index (χ1n) is 12.6. The summed E-state index contributed by atoms with van der Waals surface area (Å²) in [7, 11) is 0. The van der Waals surface area contributed by atoms with E-state index >= 15 is 0 Å². The average Bonchev–Trinajstić information content (AvgIpc) is 2.92. The number of rotatable bonds is 19. The van der Waals surface area contributed by atoms with Crippen molar-refractivity contribution in [1.29, 1.82) is 0 Å². The highest BCUT2D eigenvalue weighted by Gasteiger charge is 2.21. The molecule has 0 aliphatic carbocycles. The van der Waals surface area contributed by atoms with Gasteiger partial charge in [0.2, 0.25) is 11.8 Å². The summed E-state index contributed by atoms with van der Waals surface area (Å²) in [5.41, 5.74) is 1.28. The molecular weight excluding hydrogens is 1260 g/mol. The van der Waals surface area contributed by atoms with Crippen LogP contribution < -0.4 is 10.6 Å². The van der Waals surface area contributed by atoms with Crippen LogP contribution in [0.3, 0.4) is 0 Å². The number of anilines is 2. The van der Waals surface area contributed by atoms with E-state index in [1.807, 2.05) is 90.4 Å². The number of hydrogen-bond acceptors (Lipinski definition) is 8. The van der Waals surface area contributed by atoms with Crippen molar-refractivity contribution >= 4 is 171 Å². The Morgan fingerprint density at radius 2 is 0.818 bits per heavy atom. The largest absolute Gasteiger partial charge is 0.478 e. The van der Waals surface area contributed by atoms with Gasteiger partial charge < -0.3 is 39.8 Å². The van der Waals surface area contributed by atoms with Crippen molar-refractivity contribution in [2.24, 2.45) is 0 Å². The summed E-state index contributed by atoms with van der Waals surface area (Å²) in [5.74, 6) is -2.65. The zero-order valence-corrected chi connectivity index (χ0v) is 35.6. The maximum Gasteiger partial charge on any atom is 0.337 e. The van der Waals surface area contributed by atoms with Crippen LogP contribution in [0.25, 0.3) is 0 Å². The number of carbonyl (C=O) groups excluding carboxylic acids is 2. The minimum absolute atomic E-state index is 0.112. The molecule has 242 valence electrons. The number of aromatic carboxylic acids is 2. The Hall–Kier alpha value is 0.540. The van der Waals surface area contributed by atoms with Gasteiger partial charge in [-0.1, -0.05) is 0 Å². The van der Waals surface area contributed by atoms with Crippen LogP contribution in [-0.4, -0.2) is 86.8 Å². The smallest absolute Gasteiger partial charge is 0.337 e. The van der Waals surface area contributed by atoms with Gasteiger partial charge in [0.1, 0.15) is 0 Å². The fourth-order valence-electron chi connectivity index (χ4n) is 3.30. The van der Waals surface area contributed by atoms with E-state index in [4.69, 9.17) is 18.9 Å². The molecule has 0 bridgehead atoms. The maximum absolute atomic E-state index is 12.3. The molecule has 12 nitrogen and oxygen atoms in total. The molecule has 0 aliphatic heterocycles. The van der Waals surface area contributed by atoms with E-state index < -0.39 is 11.9 Å². The van der Waals surface area contributed by atoms with Gasteiger partial charge >= 0.3 is 11.9 Å². The van der Waals surface area contributed by atoms with Gasteiger partial charge in [0.15, 0.2) is 0 Å². The first-order valence-corrected chi connectivity index (χ1v) is 19.0. The van der Waals surface area contributed by atoms with Gasteiger partial charge in [0.25, 0.3) is 0 Å². The zero-order valence-electron chi connectivity index (χ0n) is 22.7. The minimum Gasteiger partial charge on any atom is -0.478 e. The maximum atomic E-state index is 12.3. The quantitative estimate of drug-likeness (QED) is 0.0949. The second-order valence-electron chi connectivity index (χ2n) is 8.46. The highest BCUT2D eigenvalue weighted by molar-refractivity contribution is 14.1. The van der Waals surface area contributed by atoms with E-state index in [9.17, 15) is 29.4 Å². The van der Waals surface area contributed by atoms with E-state index in [0.717, 1.165) is 7.14 Å². The Morgan fingerprint density at radius 3 is 1.11 bits per heavy atom. The predicted octanol–water partition coefficient (Wildman–Crippen LogP) is 6.13. The van der Waals surface area contributed by atoms with Gasteiger partial charge in [-0.15, -0.1) is 0 Å². The molecule has 2 aromatic rings. The molecule has 0 saturated carbocycles. The highest BCUT2D eigenvalue weighted by Crippen LogP contribution is 2.33. The molecule has 0 unspecified atom stereocenters. The van der Waals surface area contributed by atoms with Gasteiger partial charge in [0.05, 0.1) is 95.3 Å². The molecule has 2 rings (SSSR count). The van der Waals surface area contributed by atoms with Crippen LogP contribution in [0, 0.1) is 21.4 Å². The van der Waals surface area contributed by atoms with Crippen LogP contribution in [-0.2, 0) is 28.5 Å². The topological polar surface area (TPSA) is 170 Å². The lowest BCUT2D eigenvalue weighted by atomic mass is 10.2. The van der Waals surface area contributed by atoms with E-state index in [-0.39, 0.29) is 49.0 Å². The number of amides is 2. The first-order chi connectivity index (χ1) is 20.8. The molecule has 0 atom stereocenters. The number of carboxylic acid groups (broad SMARTS) is 2. The molecular formula is C26H26I6N2O10. The summed E-state index contributed by atoms with van der Waals surface area (Å²) in [6, 6.07) is 3.42. The minimum atomic E-state index is -1.05. The van der Waals surface area contributed by atoms with Gasteiger partial charge in [-0.25, -0.2) is 9.59 Å². The van der Waals surface area contributed by atoms with Crippen molar-refractivity contribution in [3.8, 4) is 0 Å². The van der Waals surface area contributed by atoms with Crippen molar-refractivity contribution < 1.29 is 48.3 Å². The van der Waals surface area contributed by atoms with Crippen LogP contribution in [0.15, 0.2) is 12.1 Å². The first kappa shape index (κ1) is 40.7. The molecule has 0 aliphatic rings. The predicted molar refractivity (Wildman–Crippen MR) is 213 cm³/mol. The summed E-state index contributed by atoms with van der Waals surface area (Å²) in [5, 5.41) is 24.4. The van der Waals surface area contributed by atoms with Gasteiger partial charge in [0, 0.05) is 14.3 Å². The third-order valence-electron chi connectivity index (χ3n) is 5.36. The molecule has 0 radical (unpaired) electrons. The van der Waals surface area contributed by atoms with Crippen LogP contribution in [0.5, 0.6) is 0 Å². The van der Waals surface area contributed by atoms with Crippen molar-refractivity contribution in [3.05, 3.63) is 44.7 Å². The summed E-state index contributed by atoms with van der Waals surface area (Å²) in [6.07, 6.45) is 0.225. The van der Waals surface area contributed by atoms with Gasteiger partial charge in [-0.2, -0.15) is 0 Å². The van der Waals surface area contributed by atoms with E-state index in [0.29, 0.717) is 65.3 Å². The molecule has 0 aromatic heterocycles. The monoisotopic (exact) mass is 1290 g/mol. The summed E-state index contributed by atoms with van der Waals surface area (Å²) < 4.78 is 25.4. The van der Waals surface area contributed by atoms with Crippen LogP contribution in [0.2, 0.25) is 0 Å². The molecule has 18 heteroatoms.